The third-order valence-electron chi connectivity index (χ3n) is 3.91. The lowest BCUT2D eigenvalue weighted by molar-refractivity contribution is -0.684. The van der Waals surface area contributed by atoms with Crippen LogP contribution in [0.5, 0.6) is 0 Å². The van der Waals surface area contributed by atoms with E-state index in [0.29, 0.717) is 26.2 Å². The van der Waals surface area contributed by atoms with E-state index in [1.807, 2.05) is 72.0 Å². The van der Waals surface area contributed by atoms with Crippen molar-refractivity contribution in [2.24, 2.45) is 0 Å². The molecule has 26 heavy (non-hydrogen) atoms. The van der Waals surface area contributed by atoms with Gasteiger partial charge in [0.2, 0.25) is 13.1 Å². The zero-order chi connectivity index (χ0) is 18.8. The highest BCUT2D eigenvalue weighted by Crippen LogP contribution is 2.15. The number of amides is 2. The van der Waals surface area contributed by atoms with Crippen molar-refractivity contribution in [2.75, 3.05) is 13.1 Å². The molecule has 0 saturated heterocycles. The molecular formula is C20H28N4O2+2. The molecule has 2 N–H and O–H groups in total. The summed E-state index contributed by atoms with van der Waals surface area (Å²) in [5.41, 5.74) is 2.13. The smallest absolute Gasteiger partial charge is 0.285 e. The first-order chi connectivity index (χ1) is 12.6. The van der Waals surface area contributed by atoms with E-state index in [1.165, 1.54) is 0 Å². The fourth-order valence-electron chi connectivity index (χ4n) is 2.48. The van der Waals surface area contributed by atoms with Gasteiger partial charge < -0.3 is 10.6 Å². The molecule has 0 aliphatic carbocycles. The summed E-state index contributed by atoms with van der Waals surface area (Å²) in [6.07, 6.45) is 9.48. The first-order valence-corrected chi connectivity index (χ1v) is 9.14. The summed E-state index contributed by atoms with van der Waals surface area (Å²) in [5.74, 6) is 0.0402. The van der Waals surface area contributed by atoms with Crippen LogP contribution in [-0.2, 0) is 22.7 Å². The molecule has 0 saturated carbocycles. The Labute approximate surface area is 154 Å². The van der Waals surface area contributed by atoms with Crippen molar-refractivity contribution in [2.45, 2.75) is 39.8 Å². The maximum absolute atomic E-state index is 11.8. The zero-order valence-electron chi connectivity index (χ0n) is 15.6. The van der Waals surface area contributed by atoms with Crippen LogP contribution in [0.1, 0.15) is 26.7 Å². The Morgan fingerprint density at radius 1 is 0.731 bits per heavy atom. The Bertz CT molecular complexity index is 648. The fraction of sp³-hybridized carbons (Fsp3) is 0.400. The van der Waals surface area contributed by atoms with Crippen molar-refractivity contribution in [1.29, 1.82) is 0 Å². The Balaban J connectivity index is 1.94. The van der Waals surface area contributed by atoms with Gasteiger partial charge in [-0.05, 0) is 24.0 Å². The maximum atomic E-state index is 11.8. The van der Waals surface area contributed by atoms with Crippen LogP contribution in [0.25, 0.3) is 11.1 Å². The number of nitrogens with zero attached hydrogens (tertiary/aromatic N) is 2. The Morgan fingerprint density at radius 3 is 1.38 bits per heavy atom. The van der Waals surface area contributed by atoms with Crippen LogP contribution >= 0.6 is 0 Å². The number of carbonyl (C=O) groups excluding carboxylic acids is 2. The standard InChI is InChI=1S/C20H26N4O2/c1-3-9-21-19(25)15-23-11-5-17(6-12-23)18-7-13-24(14-8-18)16-20(26)22-10-4-2/h5-8,11-14H,3-4,9-10,15-16H2,1-2H3/p+2. The Hall–Kier alpha value is -2.76. The first kappa shape index (κ1) is 19.6. The third kappa shape index (κ3) is 6.27. The van der Waals surface area contributed by atoms with E-state index in [9.17, 15) is 9.59 Å². The highest BCUT2D eigenvalue weighted by Gasteiger charge is 2.11. The van der Waals surface area contributed by atoms with Gasteiger partial charge in [0, 0.05) is 37.4 Å². The van der Waals surface area contributed by atoms with Gasteiger partial charge in [-0.3, -0.25) is 9.59 Å². The summed E-state index contributed by atoms with van der Waals surface area (Å²) in [5, 5.41) is 5.73. The second-order valence-corrected chi connectivity index (χ2v) is 6.22. The van der Waals surface area contributed by atoms with Crippen molar-refractivity contribution < 1.29 is 18.7 Å². The van der Waals surface area contributed by atoms with Crippen LogP contribution in [0.4, 0.5) is 0 Å². The predicted molar refractivity (Wildman–Crippen MR) is 98.9 cm³/mol. The van der Waals surface area contributed by atoms with Crippen molar-refractivity contribution in [3.05, 3.63) is 49.1 Å². The zero-order valence-corrected chi connectivity index (χ0v) is 15.6. The van der Waals surface area contributed by atoms with Crippen molar-refractivity contribution in [3.8, 4) is 11.1 Å². The topological polar surface area (TPSA) is 66.0 Å². The van der Waals surface area contributed by atoms with E-state index < -0.39 is 0 Å². The highest BCUT2D eigenvalue weighted by molar-refractivity contribution is 5.74. The summed E-state index contributed by atoms with van der Waals surface area (Å²) in [4.78, 5) is 23.5. The van der Waals surface area contributed by atoms with E-state index in [-0.39, 0.29) is 11.8 Å². The van der Waals surface area contributed by atoms with Crippen LogP contribution < -0.4 is 19.8 Å². The fourth-order valence-corrected chi connectivity index (χ4v) is 2.48. The van der Waals surface area contributed by atoms with Crippen LogP contribution in [0.3, 0.4) is 0 Å². The number of aromatic nitrogens is 2. The lowest BCUT2D eigenvalue weighted by Crippen LogP contribution is -2.42. The van der Waals surface area contributed by atoms with E-state index in [0.717, 1.165) is 24.0 Å². The molecule has 0 radical (unpaired) electrons. The lowest BCUT2D eigenvalue weighted by Gasteiger charge is -2.03. The molecule has 2 amide bonds. The van der Waals surface area contributed by atoms with Gasteiger partial charge >= 0.3 is 0 Å². The first-order valence-electron chi connectivity index (χ1n) is 9.14. The molecule has 138 valence electrons. The van der Waals surface area contributed by atoms with Gasteiger partial charge in [0.15, 0.2) is 24.8 Å². The molecule has 0 spiro atoms. The van der Waals surface area contributed by atoms with Gasteiger partial charge in [0.25, 0.3) is 11.8 Å². The molecule has 2 aromatic heterocycles. The minimum absolute atomic E-state index is 0.0201. The Morgan fingerprint density at radius 2 is 1.08 bits per heavy atom. The molecule has 0 bridgehead atoms. The van der Waals surface area contributed by atoms with Crippen LogP contribution in [0.2, 0.25) is 0 Å². The average molecular weight is 356 g/mol. The molecule has 0 unspecified atom stereocenters. The Kier molecular flexibility index (Phi) is 7.74. The molecule has 0 atom stereocenters. The number of rotatable bonds is 9. The minimum atomic E-state index is 0.0201. The summed E-state index contributed by atoms with van der Waals surface area (Å²) in [6.45, 7) is 6.12. The van der Waals surface area contributed by atoms with Crippen LogP contribution in [0.15, 0.2) is 49.1 Å². The van der Waals surface area contributed by atoms with Gasteiger partial charge in [-0.25, -0.2) is 0 Å². The molecular weight excluding hydrogens is 328 g/mol. The monoisotopic (exact) mass is 356 g/mol. The molecule has 0 aromatic carbocycles. The summed E-state index contributed by atoms with van der Waals surface area (Å²) < 4.78 is 3.71. The van der Waals surface area contributed by atoms with E-state index in [2.05, 4.69) is 10.6 Å². The molecule has 0 fully saturated rings. The average Bonchev–Trinajstić information content (AvgIpc) is 2.66. The van der Waals surface area contributed by atoms with Crippen LogP contribution in [0, 0.1) is 0 Å². The maximum Gasteiger partial charge on any atom is 0.285 e. The van der Waals surface area contributed by atoms with Gasteiger partial charge in [-0.1, -0.05) is 13.8 Å². The van der Waals surface area contributed by atoms with Gasteiger partial charge in [-0.2, -0.15) is 9.13 Å². The van der Waals surface area contributed by atoms with E-state index in [4.69, 9.17) is 0 Å². The molecule has 6 heteroatoms. The number of pyridine rings is 2. The molecule has 2 aromatic rings. The summed E-state index contributed by atoms with van der Waals surface area (Å²) >= 11 is 0. The predicted octanol–water partition coefficient (Wildman–Crippen LogP) is 0.981. The quantitative estimate of drug-likeness (QED) is 0.658. The highest BCUT2D eigenvalue weighted by atomic mass is 16.2. The number of nitrogens with one attached hydrogen (secondary N) is 2. The van der Waals surface area contributed by atoms with Crippen molar-refractivity contribution >= 4 is 11.8 Å². The second-order valence-electron chi connectivity index (χ2n) is 6.22. The molecule has 0 aliphatic rings. The molecule has 2 rings (SSSR count). The third-order valence-corrected chi connectivity index (χ3v) is 3.91. The van der Waals surface area contributed by atoms with E-state index in [1.54, 1.807) is 0 Å². The van der Waals surface area contributed by atoms with Crippen molar-refractivity contribution in [3.63, 3.8) is 0 Å². The SMILES string of the molecule is CCCNC(=O)C[n+]1ccc(-c2cc[n+](CC(=O)NCCC)cc2)cc1. The number of carbonyl (C=O) groups is 2. The minimum Gasteiger partial charge on any atom is -0.351 e. The van der Waals surface area contributed by atoms with Gasteiger partial charge in [0.05, 0.1) is 0 Å². The summed E-state index contributed by atoms with van der Waals surface area (Å²) in [7, 11) is 0. The molecule has 2 heterocycles. The largest absolute Gasteiger partial charge is 0.351 e. The van der Waals surface area contributed by atoms with Crippen LogP contribution in [-0.4, -0.2) is 24.9 Å². The van der Waals surface area contributed by atoms with Gasteiger partial charge in [-0.15, -0.1) is 0 Å². The van der Waals surface area contributed by atoms with E-state index >= 15 is 0 Å². The normalized spacial score (nSPS) is 10.4. The summed E-state index contributed by atoms with van der Waals surface area (Å²) in [6, 6.07) is 7.95. The second kappa shape index (κ2) is 10.3. The molecule has 0 aliphatic heterocycles. The van der Waals surface area contributed by atoms with Crippen molar-refractivity contribution in [1.82, 2.24) is 10.6 Å². The number of hydrogen-bond donors (Lipinski definition) is 2. The molecule has 6 nitrogen and oxygen atoms in total. The van der Waals surface area contributed by atoms with Gasteiger partial charge in [0.1, 0.15) is 0 Å². The lowest BCUT2D eigenvalue weighted by atomic mass is 10.1. The number of hydrogen-bond acceptors (Lipinski definition) is 2.